The first-order chi connectivity index (χ1) is 9.19. The zero-order valence-electron chi connectivity index (χ0n) is 11.9. The first-order valence-corrected chi connectivity index (χ1v) is 7.02. The second-order valence-corrected chi connectivity index (χ2v) is 5.33. The molecule has 0 aromatic heterocycles. The molecule has 1 heterocycles. The Hall–Kier alpha value is -0.970. The third-order valence-corrected chi connectivity index (χ3v) is 3.95. The highest BCUT2D eigenvalue weighted by Gasteiger charge is 2.16. The number of halogens is 1. The minimum Gasteiger partial charge on any atom is -0.313 e. The van der Waals surface area contributed by atoms with Crippen molar-refractivity contribution in [3.8, 4) is 0 Å². The maximum Gasteiger partial charge on any atom is 0.123 e. The lowest BCUT2D eigenvalue weighted by Gasteiger charge is -2.33. The lowest BCUT2D eigenvalue weighted by molar-refractivity contribution is 0.149. The van der Waals surface area contributed by atoms with E-state index in [4.69, 9.17) is 0 Å². The largest absolute Gasteiger partial charge is 0.313 e. The van der Waals surface area contributed by atoms with E-state index in [0.29, 0.717) is 6.04 Å². The SMILES string of the molecule is CNC(CCN1CCN(C)CC1)c1ccc(F)cc1. The first-order valence-electron chi connectivity index (χ1n) is 7.02. The lowest BCUT2D eigenvalue weighted by atomic mass is 10.0. The number of hydrogen-bond acceptors (Lipinski definition) is 3. The van der Waals surface area contributed by atoms with Crippen molar-refractivity contribution < 1.29 is 4.39 Å². The summed E-state index contributed by atoms with van der Waals surface area (Å²) < 4.78 is 12.9. The van der Waals surface area contributed by atoms with Gasteiger partial charge in [-0.15, -0.1) is 0 Å². The van der Waals surface area contributed by atoms with Crippen LogP contribution in [0.2, 0.25) is 0 Å². The average molecular weight is 265 g/mol. The summed E-state index contributed by atoms with van der Waals surface area (Å²) in [7, 11) is 4.14. The fraction of sp³-hybridized carbons (Fsp3) is 0.600. The molecule has 1 aromatic carbocycles. The molecular formula is C15H24FN3. The molecule has 4 heteroatoms. The van der Waals surface area contributed by atoms with E-state index in [1.54, 1.807) is 0 Å². The number of likely N-dealkylation sites (N-methyl/N-ethyl adjacent to an activating group) is 1. The summed E-state index contributed by atoms with van der Waals surface area (Å²) >= 11 is 0. The third-order valence-electron chi connectivity index (χ3n) is 3.95. The Morgan fingerprint density at radius 2 is 1.79 bits per heavy atom. The van der Waals surface area contributed by atoms with Gasteiger partial charge in [-0.1, -0.05) is 12.1 Å². The van der Waals surface area contributed by atoms with Gasteiger partial charge in [0.25, 0.3) is 0 Å². The van der Waals surface area contributed by atoms with Crippen LogP contribution in [0.15, 0.2) is 24.3 Å². The number of piperazine rings is 1. The molecule has 1 fully saturated rings. The maximum atomic E-state index is 12.9. The summed E-state index contributed by atoms with van der Waals surface area (Å²) in [6, 6.07) is 7.13. The minimum atomic E-state index is -0.169. The molecule has 1 unspecified atom stereocenters. The molecule has 0 radical (unpaired) electrons. The van der Waals surface area contributed by atoms with Gasteiger partial charge in [0.05, 0.1) is 0 Å². The molecular weight excluding hydrogens is 241 g/mol. The van der Waals surface area contributed by atoms with Crippen molar-refractivity contribution in [2.45, 2.75) is 12.5 Å². The summed E-state index contributed by atoms with van der Waals surface area (Å²) in [5.74, 6) is -0.169. The normalized spacial score (nSPS) is 19.5. The highest BCUT2D eigenvalue weighted by Crippen LogP contribution is 2.17. The second-order valence-electron chi connectivity index (χ2n) is 5.33. The molecule has 1 N–H and O–H groups in total. The third kappa shape index (κ3) is 4.27. The quantitative estimate of drug-likeness (QED) is 0.874. The van der Waals surface area contributed by atoms with Gasteiger partial charge >= 0.3 is 0 Å². The molecule has 1 atom stereocenters. The molecule has 1 aromatic rings. The van der Waals surface area contributed by atoms with Crippen molar-refractivity contribution in [3.05, 3.63) is 35.6 Å². The fourth-order valence-corrected chi connectivity index (χ4v) is 2.56. The van der Waals surface area contributed by atoms with E-state index < -0.39 is 0 Å². The first kappa shape index (κ1) is 14.4. The Balaban J connectivity index is 1.84. The predicted octanol–water partition coefficient (Wildman–Crippen LogP) is 1.72. The van der Waals surface area contributed by atoms with Crippen molar-refractivity contribution in [2.75, 3.05) is 46.8 Å². The molecule has 0 spiro atoms. The van der Waals surface area contributed by atoms with E-state index in [0.717, 1.165) is 44.7 Å². The number of nitrogens with zero attached hydrogens (tertiary/aromatic N) is 2. The van der Waals surface area contributed by atoms with E-state index in [9.17, 15) is 4.39 Å². The molecule has 1 aliphatic rings. The Morgan fingerprint density at radius 1 is 1.16 bits per heavy atom. The van der Waals surface area contributed by atoms with Gasteiger partial charge in [-0.25, -0.2) is 4.39 Å². The van der Waals surface area contributed by atoms with Gasteiger partial charge in [0.15, 0.2) is 0 Å². The van der Waals surface area contributed by atoms with Crippen LogP contribution in [0.5, 0.6) is 0 Å². The molecule has 0 bridgehead atoms. The van der Waals surface area contributed by atoms with Gasteiger partial charge in [0.2, 0.25) is 0 Å². The molecule has 106 valence electrons. The van der Waals surface area contributed by atoms with Crippen LogP contribution in [-0.4, -0.2) is 56.6 Å². The van der Waals surface area contributed by atoms with Crippen molar-refractivity contribution >= 4 is 0 Å². The van der Waals surface area contributed by atoms with Crippen LogP contribution in [0.3, 0.4) is 0 Å². The summed E-state index contributed by atoms with van der Waals surface area (Å²) in [4.78, 5) is 4.87. The number of nitrogens with one attached hydrogen (secondary N) is 1. The number of hydrogen-bond donors (Lipinski definition) is 1. The molecule has 0 aliphatic carbocycles. The van der Waals surface area contributed by atoms with E-state index in [2.05, 4.69) is 22.2 Å². The van der Waals surface area contributed by atoms with Gasteiger partial charge < -0.3 is 15.1 Å². The minimum absolute atomic E-state index is 0.169. The summed E-state index contributed by atoms with van der Waals surface area (Å²) in [6.07, 6.45) is 1.06. The Morgan fingerprint density at radius 3 is 2.37 bits per heavy atom. The number of rotatable bonds is 5. The zero-order valence-corrected chi connectivity index (χ0v) is 11.9. The lowest BCUT2D eigenvalue weighted by Crippen LogP contribution is -2.45. The van der Waals surface area contributed by atoms with Gasteiger partial charge in [-0.3, -0.25) is 0 Å². The molecule has 0 amide bonds. The molecule has 1 saturated heterocycles. The second kappa shape index (κ2) is 6.98. The van der Waals surface area contributed by atoms with Crippen LogP contribution in [0.25, 0.3) is 0 Å². The Bertz CT molecular complexity index is 371. The van der Waals surface area contributed by atoms with Crippen LogP contribution in [0.1, 0.15) is 18.0 Å². The molecule has 19 heavy (non-hydrogen) atoms. The van der Waals surface area contributed by atoms with E-state index >= 15 is 0 Å². The molecule has 1 aliphatic heterocycles. The van der Waals surface area contributed by atoms with Crippen molar-refractivity contribution in [2.24, 2.45) is 0 Å². The average Bonchev–Trinajstić information content (AvgIpc) is 2.43. The Kier molecular flexibility index (Phi) is 5.31. The van der Waals surface area contributed by atoms with Crippen LogP contribution >= 0.6 is 0 Å². The predicted molar refractivity (Wildman–Crippen MR) is 76.8 cm³/mol. The van der Waals surface area contributed by atoms with Crippen LogP contribution in [-0.2, 0) is 0 Å². The Labute approximate surface area is 115 Å². The highest BCUT2D eigenvalue weighted by molar-refractivity contribution is 5.19. The van der Waals surface area contributed by atoms with Crippen LogP contribution in [0, 0.1) is 5.82 Å². The van der Waals surface area contributed by atoms with Crippen molar-refractivity contribution in [1.29, 1.82) is 0 Å². The fourth-order valence-electron chi connectivity index (χ4n) is 2.56. The van der Waals surface area contributed by atoms with Crippen LogP contribution < -0.4 is 5.32 Å². The van der Waals surface area contributed by atoms with Gasteiger partial charge in [0.1, 0.15) is 5.82 Å². The monoisotopic (exact) mass is 265 g/mol. The molecule has 0 saturated carbocycles. The number of benzene rings is 1. The summed E-state index contributed by atoms with van der Waals surface area (Å²) in [5.41, 5.74) is 1.16. The van der Waals surface area contributed by atoms with Crippen molar-refractivity contribution in [3.63, 3.8) is 0 Å². The smallest absolute Gasteiger partial charge is 0.123 e. The standard InChI is InChI=1S/C15H24FN3/c1-17-15(13-3-5-14(16)6-4-13)7-8-19-11-9-18(2)10-12-19/h3-6,15,17H,7-12H2,1-2H3. The summed E-state index contributed by atoms with van der Waals surface area (Å²) in [5, 5.41) is 3.33. The highest BCUT2D eigenvalue weighted by atomic mass is 19.1. The zero-order chi connectivity index (χ0) is 13.7. The van der Waals surface area contributed by atoms with Gasteiger partial charge in [-0.2, -0.15) is 0 Å². The van der Waals surface area contributed by atoms with E-state index in [-0.39, 0.29) is 5.82 Å². The summed E-state index contributed by atoms with van der Waals surface area (Å²) in [6.45, 7) is 5.70. The topological polar surface area (TPSA) is 18.5 Å². The molecule has 3 nitrogen and oxygen atoms in total. The molecule has 2 rings (SSSR count). The van der Waals surface area contributed by atoms with Crippen molar-refractivity contribution in [1.82, 2.24) is 15.1 Å². The van der Waals surface area contributed by atoms with Gasteiger partial charge in [0, 0.05) is 38.8 Å². The van der Waals surface area contributed by atoms with Crippen LogP contribution in [0.4, 0.5) is 4.39 Å². The van der Waals surface area contributed by atoms with E-state index in [1.165, 1.54) is 12.1 Å². The van der Waals surface area contributed by atoms with Gasteiger partial charge in [-0.05, 0) is 38.2 Å². The van der Waals surface area contributed by atoms with E-state index in [1.807, 2.05) is 19.2 Å². The maximum absolute atomic E-state index is 12.9.